The molecular formula is C15H15F3N4O2. The predicted molar refractivity (Wildman–Crippen MR) is 80.7 cm³/mol. The number of primary amides is 1. The highest BCUT2D eigenvalue weighted by atomic mass is 19.4. The molecule has 2 aromatic rings. The van der Waals surface area contributed by atoms with E-state index < -0.39 is 17.6 Å². The Bertz CT molecular complexity index is 766. The summed E-state index contributed by atoms with van der Waals surface area (Å²) in [4.78, 5) is 14.6. The summed E-state index contributed by atoms with van der Waals surface area (Å²) in [6, 6.07) is 3.28. The molecule has 6 nitrogen and oxygen atoms in total. The van der Waals surface area contributed by atoms with Crippen LogP contribution in [0.5, 0.6) is 5.75 Å². The first-order valence-electron chi connectivity index (χ1n) is 6.93. The minimum absolute atomic E-state index is 0.0591. The lowest BCUT2D eigenvalue weighted by Crippen LogP contribution is -2.09. The molecule has 0 aliphatic carbocycles. The van der Waals surface area contributed by atoms with Gasteiger partial charge in [-0.15, -0.1) is 5.10 Å². The van der Waals surface area contributed by atoms with E-state index in [0.717, 1.165) is 18.2 Å². The minimum Gasteiger partial charge on any atom is -0.491 e. The molecular weight excluding hydrogens is 325 g/mol. The lowest BCUT2D eigenvalue weighted by Gasteiger charge is -2.14. The number of aromatic nitrogens is 3. The van der Waals surface area contributed by atoms with Crippen LogP contribution in [-0.4, -0.2) is 26.8 Å². The van der Waals surface area contributed by atoms with Crippen molar-refractivity contribution in [2.45, 2.75) is 26.1 Å². The maximum Gasteiger partial charge on any atom is 0.416 e. The van der Waals surface area contributed by atoms with Crippen LogP contribution in [-0.2, 0) is 11.0 Å². The van der Waals surface area contributed by atoms with Gasteiger partial charge in [-0.25, -0.2) is 9.67 Å². The van der Waals surface area contributed by atoms with Gasteiger partial charge in [0.2, 0.25) is 5.91 Å². The van der Waals surface area contributed by atoms with Crippen LogP contribution in [0.15, 0.2) is 30.6 Å². The second-order valence-electron chi connectivity index (χ2n) is 5.18. The molecule has 0 saturated heterocycles. The second kappa shape index (κ2) is 6.73. The molecule has 128 valence electrons. The van der Waals surface area contributed by atoms with Gasteiger partial charge >= 0.3 is 6.18 Å². The van der Waals surface area contributed by atoms with E-state index in [-0.39, 0.29) is 23.2 Å². The topological polar surface area (TPSA) is 83.0 Å². The van der Waals surface area contributed by atoms with Crippen molar-refractivity contribution in [2.24, 2.45) is 5.73 Å². The Morgan fingerprint density at radius 2 is 2.04 bits per heavy atom. The summed E-state index contributed by atoms with van der Waals surface area (Å²) in [6.45, 7) is 3.42. The maximum atomic E-state index is 13.1. The molecule has 1 amide bonds. The predicted octanol–water partition coefficient (Wildman–Crippen LogP) is 2.71. The molecule has 0 aliphatic heterocycles. The smallest absolute Gasteiger partial charge is 0.416 e. The fourth-order valence-electron chi connectivity index (χ4n) is 1.86. The number of carbonyl (C=O) groups excluding carboxylic acids is 1. The SMILES string of the molecule is CC(C)Oc1cc(-c2ncn(C=CC(N)=O)n2)cc(C(F)(F)F)c1. The molecule has 2 rings (SSSR count). The highest BCUT2D eigenvalue weighted by Crippen LogP contribution is 2.35. The van der Waals surface area contributed by atoms with Crippen molar-refractivity contribution >= 4 is 12.1 Å². The van der Waals surface area contributed by atoms with Crippen LogP contribution in [0.1, 0.15) is 19.4 Å². The van der Waals surface area contributed by atoms with Crippen LogP contribution in [0.2, 0.25) is 0 Å². The molecule has 1 aromatic heterocycles. The van der Waals surface area contributed by atoms with E-state index in [1.807, 2.05) is 0 Å². The number of ether oxygens (including phenoxy) is 1. The van der Waals surface area contributed by atoms with Crippen LogP contribution in [0.3, 0.4) is 0 Å². The molecule has 1 heterocycles. The van der Waals surface area contributed by atoms with E-state index in [1.165, 1.54) is 23.3 Å². The van der Waals surface area contributed by atoms with E-state index in [9.17, 15) is 18.0 Å². The third-order valence-corrected chi connectivity index (χ3v) is 2.76. The first-order valence-corrected chi connectivity index (χ1v) is 6.93. The number of amides is 1. The number of alkyl halides is 3. The van der Waals surface area contributed by atoms with Crippen molar-refractivity contribution in [3.63, 3.8) is 0 Å². The van der Waals surface area contributed by atoms with Crippen LogP contribution in [0, 0.1) is 0 Å². The Labute approximate surface area is 135 Å². The third kappa shape index (κ3) is 4.58. The van der Waals surface area contributed by atoms with Gasteiger partial charge in [-0.1, -0.05) is 0 Å². The zero-order valence-electron chi connectivity index (χ0n) is 12.9. The lowest BCUT2D eigenvalue weighted by atomic mass is 10.1. The van der Waals surface area contributed by atoms with Crippen molar-refractivity contribution in [1.82, 2.24) is 14.8 Å². The molecule has 0 fully saturated rings. The van der Waals surface area contributed by atoms with Crippen molar-refractivity contribution in [2.75, 3.05) is 0 Å². The van der Waals surface area contributed by atoms with Crippen LogP contribution in [0.4, 0.5) is 13.2 Å². The molecule has 0 saturated carbocycles. The highest BCUT2D eigenvalue weighted by molar-refractivity contribution is 5.88. The van der Waals surface area contributed by atoms with Crippen molar-refractivity contribution in [1.29, 1.82) is 0 Å². The number of halogens is 3. The fraction of sp³-hybridized carbons (Fsp3) is 0.267. The summed E-state index contributed by atoms with van der Waals surface area (Å²) in [5.41, 5.74) is 4.25. The van der Waals surface area contributed by atoms with Gasteiger partial charge in [0, 0.05) is 17.8 Å². The zero-order chi connectivity index (χ0) is 17.9. The summed E-state index contributed by atoms with van der Waals surface area (Å²) < 4.78 is 45.7. The molecule has 0 aliphatic rings. The lowest BCUT2D eigenvalue weighted by molar-refractivity contribution is -0.137. The van der Waals surface area contributed by atoms with Gasteiger partial charge in [0.1, 0.15) is 12.1 Å². The van der Waals surface area contributed by atoms with Gasteiger partial charge in [-0.2, -0.15) is 13.2 Å². The van der Waals surface area contributed by atoms with Crippen molar-refractivity contribution in [3.05, 3.63) is 36.2 Å². The summed E-state index contributed by atoms with van der Waals surface area (Å²) in [7, 11) is 0. The Morgan fingerprint density at radius 3 is 2.62 bits per heavy atom. The molecule has 9 heteroatoms. The molecule has 1 aromatic carbocycles. The molecule has 0 atom stereocenters. The normalized spacial score (nSPS) is 12.1. The zero-order valence-corrected chi connectivity index (χ0v) is 12.9. The first kappa shape index (κ1) is 17.5. The highest BCUT2D eigenvalue weighted by Gasteiger charge is 2.32. The monoisotopic (exact) mass is 340 g/mol. The molecule has 0 spiro atoms. The summed E-state index contributed by atoms with van der Waals surface area (Å²) in [6.07, 6.45) is -1.27. The van der Waals surface area contributed by atoms with Crippen LogP contribution < -0.4 is 10.5 Å². The van der Waals surface area contributed by atoms with Crippen molar-refractivity contribution in [3.8, 4) is 17.1 Å². The average Bonchev–Trinajstić information content (AvgIpc) is 2.92. The van der Waals surface area contributed by atoms with E-state index in [2.05, 4.69) is 10.1 Å². The minimum atomic E-state index is -4.53. The maximum absolute atomic E-state index is 13.1. The van der Waals surface area contributed by atoms with Gasteiger partial charge in [0.05, 0.1) is 11.7 Å². The van der Waals surface area contributed by atoms with Crippen molar-refractivity contribution < 1.29 is 22.7 Å². The number of benzene rings is 1. The molecule has 2 N–H and O–H groups in total. The third-order valence-electron chi connectivity index (χ3n) is 2.76. The van der Waals surface area contributed by atoms with Gasteiger partial charge in [-0.05, 0) is 32.0 Å². The molecule has 0 unspecified atom stereocenters. The van der Waals surface area contributed by atoms with E-state index in [4.69, 9.17) is 10.5 Å². The fourth-order valence-corrected chi connectivity index (χ4v) is 1.86. The van der Waals surface area contributed by atoms with Gasteiger partial charge in [0.15, 0.2) is 5.82 Å². The number of hydrogen-bond acceptors (Lipinski definition) is 4. The second-order valence-corrected chi connectivity index (χ2v) is 5.18. The Kier molecular flexibility index (Phi) is 4.91. The summed E-state index contributed by atoms with van der Waals surface area (Å²) in [5, 5.41) is 3.98. The number of hydrogen-bond donors (Lipinski definition) is 1. The van der Waals surface area contributed by atoms with Gasteiger partial charge in [0.25, 0.3) is 0 Å². The Morgan fingerprint density at radius 1 is 1.33 bits per heavy atom. The van der Waals surface area contributed by atoms with Crippen LogP contribution in [0.25, 0.3) is 17.6 Å². The van der Waals surface area contributed by atoms with Gasteiger partial charge < -0.3 is 10.5 Å². The summed E-state index contributed by atoms with van der Waals surface area (Å²) >= 11 is 0. The largest absolute Gasteiger partial charge is 0.491 e. The Balaban J connectivity index is 2.43. The number of carbonyl (C=O) groups is 1. The molecule has 0 radical (unpaired) electrons. The molecule has 24 heavy (non-hydrogen) atoms. The van der Waals surface area contributed by atoms with Crippen LogP contribution >= 0.6 is 0 Å². The number of nitrogens with two attached hydrogens (primary N) is 1. The van der Waals surface area contributed by atoms with E-state index >= 15 is 0 Å². The number of rotatable bonds is 5. The van der Waals surface area contributed by atoms with E-state index in [0.29, 0.717) is 0 Å². The standard InChI is InChI=1S/C15H15F3N4O2/c1-9(2)24-12-6-10(5-11(7-12)15(16,17)18)14-20-8-22(21-14)4-3-13(19)23/h3-9H,1-2H3,(H2,19,23). The quantitative estimate of drug-likeness (QED) is 0.848. The first-order chi connectivity index (χ1) is 11.1. The van der Waals surface area contributed by atoms with E-state index in [1.54, 1.807) is 13.8 Å². The average molecular weight is 340 g/mol. The van der Waals surface area contributed by atoms with Gasteiger partial charge in [-0.3, -0.25) is 4.79 Å². The summed E-state index contributed by atoms with van der Waals surface area (Å²) in [5.74, 6) is -0.554. The number of nitrogens with zero attached hydrogens (tertiary/aromatic N) is 3. The Hall–Kier alpha value is -2.84. The molecule has 0 bridgehead atoms.